The van der Waals surface area contributed by atoms with Crippen molar-refractivity contribution in [2.45, 2.75) is 37.6 Å². The molecule has 1 aliphatic rings. The van der Waals surface area contributed by atoms with E-state index in [1.54, 1.807) is 0 Å². The lowest BCUT2D eigenvalue weighted by molar-refractivity contribution is -0.127. The summed E-state index contributed by atoms with van der Waals surface area (Å²) in [6.45, 7) is 1.41. The normalized spacial score (nSPS) is 15.9. The van der Waals surface area contributed by atoms with Crippen molar-refractivity contribution in [3.8, 4) is 0 Å². The third kappa shape index (κ3) is 5.67. The Hall–Kier alpha value is -0.970. The van der Waals surface area contributed by atoms with Crippen molar-refractivity contribution in [3.05, 3.63) is 30.3 Å². The van der Waals surface area contributed by atoms with Gasteiger partial charge in [-0.3, -0.25) is 4.79 Å². The van der Waals surface area contributed by atoms with E-state index in [9.17, 15) is 4.79 Å². The minimum absolute atomic E-state index is 0. The molecule has 3 N–H and O–H groups in total. The van der Waals surface area contributed by atoms with Gasteiger partial charge in [0.25, 0.3) is 0 Å². The van der Waals surface area contributed by atoms with E-state index in [0.717, 1.165) is 37.9 Å². The van der Waals surface area contributed by atoms with Gasteiger partial charge in [-0.2, -0.15) is 0 Å². The lowest BCUT2D eigenvalue weighted by Crippen LogP contribution is -2.55. The Morgan fingerprint density at radius 1 is 1.18 bits per heavy atom. The number of nitrogens with one attached hydrogen (secondary N) is 1. The summed E-state index contributed by atoms with van der Waals surface area (Å²) in [4.78, 5) is 14.3. The lowest BCUT2D eigenvalue weighted by atomic mass is 9.82. The van der Waals surface area contributed by atoms with Crippen molar-refractivity contribution < 1.29 is 4.79 Å². The summed E-state index contributed by atoms with van der Waals surface area (Å²) in [7, 11) is 2.03. The molecule has 22 heavy (non-hydrogen) atoms. The summed E-state index contributed by atoms with van der Waals surface area (Å²) in [5.41, 5.74) is 6.72. The quantitative estimate of drug-likeness (QED) is 0.860. The molecule has 1 saturated carbocycles. The molecule has 1 fully saturated rings. The van der Waals surface area contributed by atoms with Crippen LogP contribution >= 0.6 is 24.8 Å². The van der Waals surface area contributed by atoms with E-state index < -0.39 is 5.54 Å². The summed E-state index contributed by atoms with van der Waals surface area (Å²) in [6.07, 6.45) is 4.95. The highest BCUT2D eigenvalue weighted by Crippen LogP contribution is 2.25. The van der Waals surface area contributed by atoms with Crippen molar-refractivity contribution in [1.82, 2.24) is 5.32 Å². The third-order valence-corrected chi connectivity index (χ3v) is 4.13. The van der Waals surface area contributed by atoms with Crippen molar-refractivity contribution in [2.24, 2.45) is 5.73 Å². The summed E-state index contributed by atoms with van der Waals surface area (Å²) in [5.74, 6) is 0.0126. The van der Waals surface area contributed by atoms with Crippen molar-refractivity contribution >= 4 is 36.4 Å². The standard InChI is InChI=1S/C16H25N3O.2ClH/c1-19(14-8-4-2-5-9-14)13-12-18-15(20)16(17)10-6-3-7-11-16;;/h2,4-5,8-9H,3,6-7,10-13,17H2,1H3,(H,18,20);2*1H. The fourth-order valence-electron chi connectivity index (χ4n) is 2.73. The van der Waals surface area contributed by atoms with Gasteiger partial charge in [-0.1, -0.05) is 37.5 Å². The molecule has 0 aromatic heterocycles. The van der Waals surface area contributed by atoms with Gasteiger partial charge < -0.3 is 16.0 Å². The molecule has 0 saturated heterocycles. The maximum absolute atomic E-state index is 12.2. The van der Waals surface area contributed by atoms with Gasteiger partial charge in [0.1, 0.15) is 0 Å². The topological polar surface area (TPSA) is 58.4 Å². The largest absolute Gasteiger partial charge is 0.373 e. The first kappa shape index (κ1) is 21.0. The summed E-state index contributed by atoms with van der Waals surface area (Å²) in [5, 5.41) is 2.99. The summed E-state index contributed by atoms with van der Waals surface area (Å²) < 4.78 is 0. The first-order valence-corrected chi connectivity index (χ1v) is 7.45. The molecule has 0 spiro atoms. The molecule has 126 valence electrons. The second-order valence-corrected chi connectivity index (χ2v) is 5.73. The Bertz CT molecular complexity index is 436. The van der Waals surface area contributed by atoms with Crippen LogP contribution in [0.4, 0.5) is 5.69 Å². The molecule has 1 aromatic rings. The number of benzene rings is 1. The maximum atomic E-state index is 12.2. The van der Waals surface area contributed by atoms with Crippen LogP contribution in [0.5, 0.6) is 0 Å². The zero-order valence-corrected chi connectivity index (χ0v) is 14.7. The van der Waals surface area contributed by atoms with E-state index in [1.165, 1.54) is 6.42 Å². The number of halogens is 2. The molecular formula is C16H27Cl2N3O. The monoisotopic (exact) mass is 347 g/mol. The van der Waals surface area contributed by atoms with Crippen LogP contribution in [-0.4, -0.2) is 31.6 Å². The van der Waals surface area contributed by atoms with Gasteiger partial charge in [0, 0.05) is 25.8 Å². The van der Waals surface area contributed by atoms with Crippen LogP contribution in [0.25, 0.3) is 0 Å². The number of carbonyl (C=O) groups is 1. The number of rotatable bonds is 5. The van der Waals surface area contributed by atoms with E-state index in [1.807, 2.05) is 25.2 Å². The Balaban J connectivity index is 0.00000220. The van der Waals surface area contributed by atoms with Crippen molar-refractivity contribution in [3.63, 3.8) is 0 Å². The molecule has 6 heteroatoms. The van der Waals surface area contributed by atoms with Gasteiger partial charge in [-0.25, -0.2) is 0 Å². The predicted octanol–water partition coefficient (Wildman–Crippen LogP) is 2.74. The Morgan fingerprint density at radius 2 is 1.77 bits per heavy atom. The average Bonchev–Trinajstić information content (AvgIpc) is 2.48. The molecule has 1 amide bonds. The number of nitrogens with two attached hydrogens (primary N) is 1. The third-order valence-electron chi connectivity index (χ3n) is 4.13. The molecule has 0 atom stereocenters. The number of anilines is 1. The van der Waals surface area contributed by atoms with E-state index in [0.29, 0.717) is 6.54 Å². The molecule has 0 bridgehead atoms. The molecule has 1 aromatic carbocycles. The van der Waals surface area contributed by atoms with E-state index in [-0.39, 0.29) is 30.7 Å². The zero-order valence-electron chi connectivity index (χ0n) is 13.1. The van der Waals surface area contributed by atoms with Crippen LogP contribution < -0.4 is 16.0 Å². The lowest BCUT2D eigenvalue weighted by Gasteiger charge is -2.32. The van der Waals surface area contributed by atoms with Crippen LogP contribution in [0.3, 0.4) is 0 Å². The smallest absolute Gasteiger partial charge is 0.240 e. The highest BCUT2D eigenvalue weighted by molar-refractivity contribution is 5.86. The average molecular weight is 348 g/mol. The van der Waals surface area contributed by atoms with Gasteiger partial charge in [0.15, 0.2) is 0 Å². The highest BCUT2D eigenvalue weighted by atomic mass is 35.5. The van der Waals surface area contributed by atoms with Gasteiger partial charge in [0.05, 0.1) is 5.54 Å². The molecule has 0 radical (unpaired) electrons. The summed E-state index contributed by atoms with van der Waals surface area (Å²) >= 11 is 0. The summed E-state index contributed by atoms with van der Waals surface area (Å²) in [6, 6.07) is 10.2. The van der Waals surface area contributed by atoms with Gasteiger partial charge in [-0.15, -0.1) is 24.8 Å². The molecule has 1 aliphatic carbocycles. The van der Waals surface area contributed by atoms with Gasteiger partial charge >= 0.3 is 0 Å². The van der Waals surface area contributed by atoms with Crippen LogP contribution in [0.1, 0.15) is 32.1 Å². The van der Waals surface area contributed by atoms with Crippen LogP contribution in [0.2, 0.25) is 0 Å². The first-order valence-electron chi connectivity index (χ1n) is 7.45. The Morgan fingerprint density at radius 3 is 2.36 bits per heavy atom. The number of hydrogen-bond acceptors (Lipinski definition) is 3. The Labute approximate surface area is 145 Å². The fraction of sp³-hybridized carbons (Fsp3) is 0.562. The van der Waals surface area contributed by atoms with Crippen molar-refractivity contribution in [2.75, 3.05) is 25.0 Å². The van der Waals surface area contributed by atoms with E-state index >= 15 is 0 Å². The van der Waals surface area contributed by atoms with Crippen LogP contribution in [-0.2, 0) is 4.79 Å². The molecule has 2 rings (SSSR count). The highest BCUT2D eigenvalue weighted by Gasteiger charge is 2.34. The van der Waals surface area contributed by atoms with Crippen LogP contribution in [0, 0.1) is 0 Å². The van der Waals surface area contributed by atoms with Crippen molar-refractivity contribution in [1.29, 1.82) is 0 Å². The van der Waals surface area contributed by atoms with Gasteiger partial charge in [0.2, 0.25) is 5.91 Å². The fourth-order valence-corrected chi connectivity index (χ4v) is 2.73. The number of amides is 1. The molecule has 0 aliphatic heterocycles. The molecule has 0 unspecified atom stereocenters. The number of carbonyl (C=O) groups excluding carboxylic acids is 1. The first-order chi connectivity index (χ1) is 9.62. The number of nitrogens with zero attached hydrogens (tertiary/aromatic N) is 1. The molecule has 0 heterocycles. The minimum atomic E-state index is -0.635. The second kappa shape index (κ2) is 9.93. The number of likely N-dealkylation sites (N-methyl/N-ethyl adjacent to an activating group) is 1. The number of para-hydroxylation sites is 1. The second-order valence-electron chi connectivity index (χ2n) is 5.73. The van der Waals surface area contributed by atoms with E-state index in [4.69, 9.17) is 5.73 Å². The molecular weight excluding hydrogens is 321 g/mol. The number of hydrogen-bond donors (Lipinski definition) is 2. The minimum Gasteiger partial charge on any atom is -0.373 e. The van der Waals surface area contributed by atoms with E-state index in [2.05, 4.69) is 22.3 Å². The van der Waals surface area contributed by atoms with Gasteiger partial charge in [-0.05, 0) is 25.0 Å². The molecule has 4 nitrogen and oxygen atoms in total. The zero-order chi connectivity index (χ0) is 14.4. The van der Waals surface area contributed by atoms with Crippen LogP contribution in [0.15, 0.2) is 30.3 Å². The predicted molar refractivity (Wildman–Crippen MR) is 97.2 cm³/mol. The Kier molecular flexibility index (Phi) is 9.49. The SMILES string of the molecule is CN(CCNC(=O)C1(N)CCCCC1)c1ccccc1.Cl.Cl. The maximum Gasteiger partial charge on any atom is 0.240 e.